The van der Waals surface area contributed by atoms with Crippen molar-refractivity contribution in [1.29, 1.82) is 0 Å². The van der Waals surface area contributed by atoms with Crippen molar-refractivity contribution in [2.45, 2.75) is 38.6 Å². The van der Waals surface area contributed by atoms with Gasteiger partial charge in [0.1, 0.15) is 5.82 Å². The van der Waals surface area contributed by atoms with E-state index in [4.69, 9.17) is 10.5 Å². The predicted molar refractivity (Wildman–Crippen MR) is 116 cm³/mol. The van der Waals surface area contributed by atoms with Crippen molar-refractivity contribution in [3.8, 4) is 16.8 Å². The molecule has 2 aliphatic rings. The first-order valence-corrected chi connectivity index (χ1v) is 10.5. The van der Waals surface area contributed by atoms with Crippen LogP contribution in [-0.2, 0) is 4.74 Å². The van der Waals surface area contributed by atoms with Gasteiger partial charge in [0.05, 0.1) is 23.1 Å². The van der Waals surface area contributed by atoms with Crippen molar-refractivity contribution in [1.82, 2.24) is 20.1 Å². The number of pyridine rings is 1. The van der Waals surface area contributed by atoms with Crippen LogP contribution in [-0.4, -0.2) is 39.9 Å². The van der Waals surface area contributed by atoms with Crippen LogP contribution < -0.4 is 11.1 Å². The van der Waals surface area contributed by atoms with Crippen molar-refractivity contribution >= 4 is 11.6 Å². The zero-order valence-electron chi connectivity index (χ0n) is 17.5. The molecular formula is C23H26FN5O2. The fraction of sp³-hybridized carbons (Fsp3) is 0.348. The van der Waals surface area contributed by atoms with Gasteiger partial charge >= 0.3 is 0 Å². The third-order valence-electron chi connectivity index (χ3n) is 5.19. The summed E-state index contributed by atoms with van der Waals surface area (Å²) in [5.41, 5.74) is 9.37. The standard InChI is InChI=1S/C19H18FN5O.C4H8O/c1-11-4-17(20)16(19(26)24-15-2-3-15)6-18(11)25-10-13(8-23-25)12-5-14(21)9-22-7-12;1-2-4-5-3-1/h4-10,15H,2-3,21H2,1H3,(H,24,26);1-4H2. The number of nitrogens with two attached hydrogens (primary N) is 1. The highest BCUT2D eigenvalue weighted by Crippen LogP contribution is 2.25. The molecule has 0 bridgehead atoms. The molecule has 1 saturated heterocycles. The minimum absolute atomic E-state index is 0.0279. The van der Waals surface area contributed by atoms with Crippen LogP contribution in [0.1, 0.15) is 41.6 Å². The van der Waals surface area contributed by atoms with Gasteiger partial charge in [0, 0.05) is 49.0 Å². The van der Waals surface area contributed by atoms with Crippen LogP contribution in [0, 0.1) is 12.7 Å². The van der Waals surface area contributed by atoms with E-state index in [1.54, 1.807) is 42.5 Å². The zero-order valence-corrected chi connectivity index (χ0v) is 17.5. The first-order valence-electron chi connectivity index (χ1n) is 10.5. The van der Waals surface area contributed by atoms with Gasteiger partial charge in [-0.05, 0) is 56.4 Å². The van der Waals surface area contributed by atoms with E-state index in [2.05, 4.69) is 15.4 Å². The Labute approximate surface area is 180 Å². The quantitative estimate of drug-likeness (QED) is 0.668. The maximum absolute atomic E-state index is 14.3. The summed E-state index contributed by atoms with van der Waals surface area (Å²) in [5, 5.41) is 7.17. The van der Waals surface area contributed by atoms with Crippen molar-refractivity contribution in [2.75, 3.05) is 18.9 Å². The fourth-order valence-corrected chi connectivity index (χ4v) is 3.30. The van der Waals surface area contributed by atoms with Gasteiger partial charge in [0.15, 0.2) is 0 Å². The minimum Gasteiger partial charge on any atom is -0.397 e. The molecule has 0 atom stereocenters. The van der Waals surface area contributed by atoms with E-state index in [1.165, 1.54) is 25.0 Å². The summed E-state index contributed by atoms with van der Waals surface area (Å²) < 4.78 is 20.8. The lowest BCUT2D eigenvalue weighted by molar-refractivity contribution is 0.0947. The Hall–Kier alpha value is -3.26. The lowest BCUT2D eigenvalue weighted by Gasteiger charge is -2.10. The average molecular weight is 423 g/mol. The minimum atomic E-state index is -0.531. The first kappa shape index (κ1) is 21.0. The molecule has 0 unspecified atom stereocenters. The molecule has 31 heavy (non-hydrogen) atoms. The average Bonchev–Trinajstić information content (AvgIpc) is 3.21. The summed E-state index contributed by atoms with van der Waals surface area (Å²) in [6.07, 6.45) is 11.2. The van der Waals surface area contributed by atoms with Crippen LogP contribution in [0.15, 0.2) is 43.0 Å². The number of hydrogen-bond donors (Lipinski definition) is 2. The maximum Gasteiger partial charge on any atom is 0.254 e. The van der Waals surface area contributed by atoms with Gasteiger partial charge in [-0.2, -0.15) is 5.10 Å². The molecule has 7 nitrogen and oxygen atoms in total. The number of nitrogens with one attached hydrogen (secondary N) is 1. The van der Waals surface area contributed by atoms with Crippen LogP contribution in [0.4, 0.5) is 10.1 Å². The monoisotopic (exact) mass is 423 g/mol. The predicted octanol–water partition coefficient (Wildman–Crippen LogP) is 3.65. The van der Waals surface area contributed by atoms with E-state index in [9.17, 15) is 9.18 Å². The Bertz CT molecular complexity index is 1070. The Balaban J connectivity index is 0.000000407. The van der Waals surface area contributed by atoms with Crippen molar-refractivity contribution < 1.29 is 13.9 Å². The van der Waals surface area contributed by atoms with Crippen LogP contribution in [0.2, 0.25) is 0 Å². The van der Waals surface area contributed by atoms with E-state index in [1.807, 2.05) is 0 Å². The zero-order chi connectivity index (χ0) is 21.8. The van der Waals surface area contributed by atoms with Crippen molar-refractivity contribution in [3.05, 3.63) is 59.9 Å². The van der Waals surface area contributed by atoms with Gasteiger partial charge < -0.3 is 15.8 Å². The smallest absolute Gasteiger partial charge is 0.254 e. The van der Waals surface area contributed by atoms with Gasteiger partial charge in [-0.1, -0.05) is 0 Å². The third-order valence-corrected chi connectivity index (χ3v) is 5.19. The van der Waals surface area contributed by atoms with E-state index in [-0.39, 0.29) is 11.6 Å². The summed E-state index contributed by atoms with van der Waals surface area (Å²) in [7, 11) is 0. The highest BCUT2D eigenvalue weighted by Gasteiger charge is 2.25. The van der Waals surface area contributed by atoms with Gasteiger partial charge in [-0.3, -0.25) is 9.78 Å². The third kappa shape index (κ3) is 5.27. The van der Waals surface area contributed by atoms with E-state index in [0.717, 1.165) is 37.2 Å². The Morgan fingerprint density at radius 3 is 2.58 bits per heavy atom. The largest absolute Gasteiger partial charge is 0.397 e. The second-order valence-corrected chi connectivity index (χ2v) is 7.87. The number of aromatic nitrogens is 3. The number of hydrogen-bond acceptors (Lipinski definition) is 5. The molecule has 3 heterocycles. The number of carbonyl (C=O) groups excluding carboxylic acids is 1. The van der Waals surface area contributed by atoms with Crippen LogP contribution in [0.5, 0.6) is 0 Å². The highest BCUT2D eigenvalue weighted by molar-refractivity contribution is 5.95. The van der Waals surface area contributed by atoms with Crippen LogP contribution >= 0.6 is 0 Å². The molecule has 0 spiro atoms. The number of nitrogen functional groups attached to an aromatic ring is 1. The Morgan fingerprint density at radius 2 is 1.94 bits per heavy atom. The SMILES string of the molecule is C1CCOC1.Cc1cc(F)c(C(=O)NC2CC2)cc1-n1cc(-c2cncc(N)c2)cn1. The number of benzene rings is 1. The number of amides is 1. The maximum atomic E-state index is 14.3. The number of aryl methyl sites for hydroxylation is 1. The molecule has 3 N–H and O–H groups in total. The number of halogens is 1. The molecule has 0 radical (unpaired) electrons. The number of ether oxygens (including phenoxy) is 1. The van der Waals surface area contributed by atoms with Gasteiger partial charge in [0.2, 0.25) is 0 Å². The summed E-state index contributed by atoms with van der Waals surface area (Å²) in [5.74, 6) is -0.921. The Morgan fingerprint density at radius 1 is 1.16 bits per heavy atom. The molecule has 3 aromatic rings. The Kier molecular flexibility index (Phi) is 6.27. The number of nitrogens with zero attached hydrogens (tertiary/aromatic N) is 3. The van der Waals surface area contributed by atoms with E-state index in [0.29, 0.717) is 16.9 Å². The lowest BCUT2D eigenvalue weighted by atomic mass is 10.1. The number of anilines is 1. The molecule has 162 valence electrons. The van der Waals surface area contributed by atoms with Gasteiger partial charge in [0.25, 0.3) is 5.91 Å². The summed E-state index contributed by atoms with van der Waals surface area (Å²) in [6, 6.07) is 4.87. The second kappa shape index (κ2) is 9.26. The summed E-state index contributed by atoms with van der Waals surface area (Å²) in [6.45, 7) is 3.78. The molecule has 1 aliphatic heterocycles. The first-order chi connectivity index (χ1) is 15.0. The van der Waals surface area contributed by atoms with Gasteiger partial charge in [-0.15, -0.1) is 0 Å². The molecule has 1 saturated carbocycles. The van der Waals surface area contributed by atoms with Crippen LogP contribution in [0.25, 0.3) is 16.8 Å². The number of carbonyl (C=O) groups is 1. The molecule has 1 amide bonds. The summed E-state index contributed by atoms with van der Waals surface area (Å²) in [4.78, 5) is 16.3. The van der Waals surface area contributed by atoms with Crippen molar-refractivity contribution in [2.24, 2.45) is 0 Å². The molecular weight excluding hydrogens is 397 g/mol. The topological polar surface area (TPSA) is 95.1 Å². The summed E-state index contributed by atoms with van der Waals surface area (Å²) >= 11 is 0. The highest BCUT2D eigenvalue weighted by atomic mass is 19.1. The second-order valence-electron chi connectivity index (χ2n) is 7.87. The van der Waals surface area contributed by atoms with E-state index >= 15 is 0 Å². The van der Waals surface area contributed by atoms with Gasteiger partial charge in [-0.25, -0.2) is 9.07 Å². The molecule has 1 aliphatic carbocycles. The molecule has 2 aromatic heterocycles. The molecule has 2 fully saturated rings. The van der Waals surface area contributed by atoms with E-state index < -0.39 is 11.7 Å². The number of rotatable bonds is 4. The van der Waals surface area contributed by atoms with Crippen LogP contribution in [0.3, 0.4) is 0 Å². The molecule has 1 aromatic carbocycles. The van der Waals surface area contributed by atoms with Crippen molar-refractivity contribution in [3.63, 3.8) is 0 Å². The normalized spacial score (nSPS) is 15.3. The fourth-order valence-electron chi connectivity index (χ4n) is 3.30. The molecule has 8 heteroatoms. The lowest BCUT2D eigenvalue weighted by Crippen LogP contribution is -2.26. The molecule has 5 rings (SSSR count).